The first kappa shape index (κ1) is 29.2. The molecule has 4 amide bonds. The Morgan fingerprint density at radius 2 is 1.54 bits per heavy atom. The van der Waals surface area contributed by atoms with E-state index in [0.717, 1.165) is 10.9 Å². The summed E-state index contributed by atoms with van der Waals surface area (Å²) in [6.45, 7) is 2.49. The van der Waals surface area contributed by atoms with E-state index in [0.29, 0.717) is 5.56 Å². The highest BCUT2D eigenvalue weighted by molar-refractivity contribution is 5.95. The summed E-state index contributed by atoms with van der Waals surface area (Å²) in [6, 6.07) is 1.24. The van der Waals surface area contributed by atoms with Crippen LogP contribution in [0.3, 0.4) is 0 Å². The summed E-state index contributed by atoms with van der Waals surface area (Å²) in [5.41, 5.74) is 12.1. The van der Waals surface area contributed by atoms with Gasteiger partial charge in [0.1, 0.15) is 24.2 Å². The topological polar surface area (TPSA) is 250 Å². The van der Waals surface area contributed by atoms with E-state index >= 15 is 0 Å². The number of nitrogens with two attached hydrogens (primary N) is 2. The summed E-state index contributed by atoms with van der Waals surface area (Å²) in [5, 5.41) is 36.6. The quantitative estimate of drug-likeness (QED) is 0.132. The molecule has 0 aliphatic heterocycles. The Balaban J connectivity index is 2.29. The lowest BCUT2D eigenvalue weighted by atomic mass is 10.0. The number of primary amides is 1. The highest BCUT2D eigenvalue weighted by Gasteiger charge is 2.34. The summed E-state index contributed by atoms with van der Waals surface area (Å²) in [6.07, 6.45) is -1.83. The molecule has 0 radical (unpaired) electrons. The SMILES string of the molecule is CC(O)C(N)C(=O)NC(Cc1c[nH]c2ccccc12)C(=O)NC(C(=O)NC(CC(N)=O)C(=O)O)C(C)O. The van der Waals surface area contributed by atoms with Crippen molar-refractivity contribution in [2.75, 3.05) is 0 Å². The van der Waals surface area contributed by atoms with Crippen LogP contribution in [0.5, 0.6) is 0 Å². The second-order valence-corrected chi connectivity index (χ2v) is 8.69. The summed E-state index contributed by atoms with van der Waals surface area (Å²) in [5.74, 6) is -5.34. The number of aromatic nitrogens is 1. The maximum absolute atomic E-state index is 13.2. The molecule has 1 aromatic heterocycles. The molecule has 0 bridgehead atoms. The Kier molecular flexibility index (Phi) is 10.1. The first-order valence-corrected chi connectivity index (χ1v) is 11.4. The van der Waals surface area contributed by atoms with Crippen LogP contribution in [0.4, 0.5) is 0 Å². The zero-order chi connectivity index (χ0) is 27.9. The Bertz CT molecular complexity index is 1150. The van der Waals surface area contributed by atoms with Gasteiger partial charge in [-0.15, -0.1) is 0 Å². The van der Waals surface area contributed by atoms with Crippen molar-refractivity contribution in [1.29, 1.82) is 0 Å². The van der Waals surface area contributed by atoms with Gasteiger partial charge in [-0.25, -0.2) is 4.79 Å². The van der Waals surface area contributed by atoms with Crippen LogP contribution in [0, 0.1) is 0 Å². The fraction of sp³-hybridized carbons (Fsp3) is 0.435. The zero-order valence-electron chi connectivity index (χ0n) is 20.3. The first-order chi connectivity index (χ1) is 17.3. The molecule has 14 nitrogen and oxygen atoms in total. The van der Waals surface area contributed by atoms with Crippen molar-refractivity contribution < 1.29 is 39.3 Å². The van der Waals surface area contributed by atoms with E-state index in [-0.39, 0.29) is 6.42 Å². The average molecular weight is 521 g/mol. The van der Waals surface area contributed by atoms with Crippen LogP contribution in [0.15, 0.2) is 30.5 Å². The number of benzene rings is 1. The Morgan fingerprint density at radius 1 is 0.919 bits per heavy atom. The zero-order valence-corrected chi connectivity index (χ0v) is 20.3. The number of aliphatic hydroxyl groups is 2. The molecule has 2 rings (SSSR count). The van der Waals surface area contributed by atoms with Crippen molar-refractivity contribution in [3.63, 3.8) is 0 Å². The third-order valence-electron chi connectivity index (χ3n) is 5.64. The molecule has 37 heavy (non-hydrogen) atoms. The lowest BCUT2D eigenvalue weighted by Crippen LogP contribution is -2.61. The molecule has 1 heterocycles. The Morgan fingerprint density at radius 3 is 2.11 bits per heavy atom. The smallest absolute Gasteiger partial charge is 0.326 e. The number of aromatic amines is 1. The third-order valence-corrected chi connectivity index (χ3v) is 5.64. The number of aliphatic hydroxyl groups excluding tert-OH is 2. The molecule has 11 N–H and O–H groups in total. The van der Waals surface area contributed by atoms with Crippen LogP contribution in [-0.2, 0) is 30.4 Å². The molecule has 2 aromatic rings. The number of fused-ring (bicyclic) bond motifs is 1. The third kappa shape index (κ3) is 7.99. The fourth-order valence-corrected chi connectivity index (χ4v) is 3.54. The second-order valence-electron chi connectivity index (χ2n) is 8.69. The van der Waals surface area contributed by atoms with Crippen LogP contribution in [0.1, 0.15) is 25.8 Å². The number of nitrogens with one attached hydrogen (secondary N) is 4. The van der Waals surface area contributed by atoms with Crippen LogP contribution in [0.25, 0.3) is 10.9 Å². The minimum atomic E-state index is -1.69. The van der Waals surface area contributed by atoms with Crippen molar-refractivity contribution in [1.82, 2.24) is 20.9 Å². The average Bonchev–Trinajstić information content (AvgIpc) is 3.22. The number of carboxylic acids is 1. The Labute approximate surface area is 211 Å². The number of hydrogen-bond acceptors (Lipinski definition) is 8. The standard InChI is InChI=1S/C23H32N6O8/c1-10(30)18(25)21(34)27-15(7-12-9-26-14-6-4-3-5-13(12)14)20(33)29-19(11(2)31)22(35)28-16(23(36)37)8-17(24)32/h3-6,9-11,15-16,18-19,26,30-31H,7-8,25H2,1-2H3,(H2,24,32)(H,27,34)(H,28,35)(H,29,33)(H,36,37). The first-order valence-electron chi connectivity index (χ1n) is 11.4. The highest BCUT2D eigenvalue weighted by Crippen LogP contribution is 2.19. The number of rotatable bonds is 13. The van der Waals surface area contributed by atoms with Gasteiger partial charge in [0.15, 0.2) is 0 Å². The van der Waals surface area contributed by atoms with Gasteiger partial charge >= 0.3 is 5.97 Å². The fourth-order valence-electron chi connectivity index (χ4n) is 3.54. The number of H-pyrrole nitrogens is 1. The van der Waals surface area contributed by atoms with E-state index < -0.39 is 72.4 Å². The van der Waals surface area contributed by atoms with E-state index in [9.17, 15) is 39.3 Å². The number of hydrogen-bond donors (Lipinski definition) is 9. The number of carboxylic acid groups (broad SMARTS) is 1. The summed E-state index contributed by atoms with van der Waals surface area (Å²) >= 11 is 0. The summed E-state index contributed by atoms with van der Waals surface area (Å²) < 4.78 is 0. The molecular formula is C23H32N6O8. The molecule has 0 spiro atoms. The number of aliphatic carboxylic acids is 1. The summed E-state index contributed by atoms with van der Waals surface area (Å²) in [7, 11) is 0. The van der Waals surface area contributed by atoms with Crippen LogP contribution >= 0.6 is 0 Å². The van der Waals surface area contributed by atoms with Crippen molar-refractivity contribution in [3.05, 3.63) is 36.0 Å². The minimum absolute atomic E-state index is 0.0539. The maximum Gasteiger partial charge on any atom is 0.326 e. The molecular weight excluding hydrogens is 488 g/mol. The number of carbonyl (C=O) groups is 5. The molecule has 0 fully saturated rings. The molecule has 0 aliphatic carbocycles. The van der Waals surface area contributed by atoms with Gasteiger partial charge in [0.25, 0.3) is 0 Å². The predicted molar refractivity (Wildman–Crippen MR) is 131 cm³/mol. The number of para-hydroxylation sites is 1. The van der Waals surface area contributed by atoms with Crippen LogP contribution in [0.2, 0.25) is 0 Å². The molecule has 0 saturated carbocycles. The Hall–Kier alpha value is -4.01. The van der Waals surface area contributed by atoms with Crippen molar-refractivity contribution in [3.8, 4) is 0 Å². The van der Waals surface area contributed by atoms with Gasteiger partial charge in [-0.3, -0.25) is 19.2 Å². The van der Waals surface area contributed by atoms with E-state index in [4.69, 9.17) is 11.5 Å². The van der Waals surface area contributed by atoms with Gasteiger partial charge in [0, 0.05) is 23.5 Å². The van der Waals surface area contributed by atoms with Gasteiger partial charge in [-0.1, -0.05) is 18.2 Å². The monoisotopic (exact) mass is 520 g/mol. The number of amides is 4. The lowest BCUT2D eigenvalue weighted by Gasteiger charge is -2.26. The van der Waals surface area contributed by atoms with E-state index in [1.54, 1.807) is 18.3 Å². The highest BCUT2D eigenvalue weighted by atomic mass is 16.4. The van der Waals surface area contributed by atoms with Crippen LogP contribution < -0.4 is 27.4 Å². The molecule has 202 valence electrons. The second kappa shape index (κ2) is 12.8. The molecule has 0 saturated heterocycles. The molecule has 6 unspecified atom stereocenters. The van der Waals surface area contributed by atoms with Gasteiger partial charge < -0.3 is 47.7 Å². The lowest BCUT2D eigenvalue weighted by molar-refractivity contribution is -0.144. The predicted octanol–water partition coefficient (Wildman–Crippen LogP) is -2.79. The van der Waals surface area contributed by atoms with E-state index in [2.05, 4.69) is 20.9 Å². The normalized spacial score (nSPS) is 16.0. The van der Waals surface area contributed by atoms with Crippen molar-refractivity contribution in [2.24, 2.45) is 11.5 Å². The summed E-state index contributed by atoms with van der Waals surface area (Å²) in [4.78, 5) is 64.0. The van der Waals surface area contributed by atoms with Gasteiger partial charge in [0.05, 0.1) is 18.6 Å². The minimum Gasteiger partial charge on any atom is -0.480 e. The van der Waals surface area contributed by atoms with Gasteiger partial charge in [-0.05, 0) is 25.5 Å². The van der Waals surface area contributed by atoms with Gasteiger partial charge in [-0.2, -0.15) is 0 Å². The van der Waals surface area contributed by atoms with Crippen molar-refractivity contribution >= 4 is 40.5 Å². The molecule has 6 atom stereocenters. The molecule has 14 heteroatoms. The van der Waals surface area contributed by atoms with E-state index in [1.165, 1.54) is 13.8 Å². The largest absolute Gasteiger partial charge is 0.480 e. The van der Waals surface area contributed by atoms with E-state index in [1.807, 2.05) is 12.1 Å². The van der Waals surface area contributed by atoms with Crippen LogP contribution in [-0.4, -0.2) is 86.3 Å². The number of carbonyl (C=O) groups excluding carboxylic acids is 4. The van der Waals surface area contributed by atoms with Gasteiger partial charge in [0.2, 0.25) is 23.6 Å². The maximum atomic E-state index is 13.2. The molecule has 0 aliphatic rings. The molecule has 1 aromatic carbocycles. The van der Waals surface area contributed by atoms with Crippen molar-refractivity contribution in [2.45, 2.75) is 63.1 Å².